The second-order valence-corrected chi connectivity index (χ2v) is 5.27. The lowest BCUT2D eigenvalue weighted by Crippen LogP contribution is -2.41. The number of anilines is 1. The van der Waals surface area contributed by atoms with Gasteiger partial charge in [-0.15, -0.1) is 0 Å². The predicted octanol–water partition coefficient (Wildman–Crippen LogP) is 2.50. The zero-order chi connectivity index (χ0) is 16.4. The Bertz CT molecular complexity index is 764. The summed E-state index contributed by atoms with van der Waals surface area (Å²) in [6.45, 7) is 0.313. The zero-order valence-corrected chi connectivity index (χ0v) is 12.1. The Kier molecular flexibility index (Phi) is 4.06. The van der Waals surface area contributed by atoms with Crippen molar-refractivity contribution >= 4 is 17.5 Å². The Labute approximate surface area is 131 Å². The van der Waals surface area contributed by atoms with Crippen LogP contribution in [0.4, 0.5) is 14.5 Å². The topological polar surface area (TPSA) is 49.4 Å². The molecular weight excluding hydrogens is 302 g/mol. The van der Waals surface area contributed by atoms with E-state index in [-0.39, 0.29) is 17.2 Å². The lowest BCUT2D eigenvalue weighted by molar-refractivity contribution is -0.118. The van der Waals surface area contributed by atoms with E-state index in [0.717, 1.165) is 6.07 Å². The van der Waals surface area contributed by atoms with Gasteiger partial charge in [0.05, 0.1) is 5.69 Å². The van der Waals surface area contributed by atoms with E-state index in [1.165, 1.54) is 35.2 Å². The van der Waals surface area contributed by atoms with E-state index in [2.05, 4.69) is 5.32 Å². The van der Waals surface area contributed by atoms with Crippen LogP contribution in [0.25, 0.3) is 0 Å². The minimum atomic E-state index is -0.745. The van der Waals surface area contributed by atoms with Crippen molar-refractivity contribution in [2.75, 3.05) is 11.4 Å². The fraction of sp³-hybridized carbons (Fsp3) is 0.176. The summed E-state index contributed by atoms with van der Waals surface area (Å²) in [6.07, 6.45) is 0.369. The van der Waals surface area contributed by atoms with Gasteiger partial charge in [-0.25, -0.2) is 8.78 Å². The number of rotatable bonds is 3. The molecule has 23 heavy (non-hydrogen) atoms. The number of carbonyl (C=O) groups is 2. The molecule has 3 rings (SSSR count). The summed E-state index contributed by atoms with van der Waals surface area (Å²) < 4.78 is 26.9. The number of para-hydroxylation sites is 1. The summed E-state index contributed by atoms with van der Waals surface area (Å²) in [4.78, 5) is 25.8. The minimum Gasteiger partial charge on any atom is -0.340 e. The molecule has 118 valence electrons. The predicted molar refractivity (Wildman–Crippen MR) is 81.0 cm³/mol. The molecule has 1 unspecified atom stereocenters. The summed E-state index contributed by atoms with van der Waals surface area (Å²) in [5.74, 6) is -1.92. The molecule has 0 aromatic heterocycles. The maximum atomic E-state index is 13.8. The summed E-state index contributed by atoms with van der Waals surface area (Å²) in [7, 11) is 0. The van der Waals surface area contributed by atoms with Gasteiger partial charge in [0.15, 0.2) is 0 Å². The van der Waals surface area contributed by atoms with Gasteiger partial charge >= 0.3 is 0 Å². The van der Waals surface area contributed by atoms with Gasteiger partial charge in [0.2, 0.25) is 5.91 Å². The van der Waals surface area contributed by atoms with Gasteiger partial charge in [-0.05, 0) is 36.8 Å². The highest BCUT2D eigenvalue weighted by Gasteiger charge is 2.34. The van der Waals surface area contributed by atoms with Crippen LogP contribution in [0.5, 0.6) is 0 Å². The van der Waals surface area contributed by atoms with Crippen molar-refractivity contribution in [1.82, 2.24) is 5.32 Å². The van der Waals surface area contributed by atoms with Crippen molar-refractivity contribution in [2.24, 2.45) is 0 Å². The van der Waals surface area contributed by atoms with Crippen LogP contribution in [0.1, 0.15) is 16.8 Å². The SMILES string of the molecule is O=C(NC1CCN(c2ccccc2F)C1=O)c1cccc(F)c1. The van der Waals surface area contributed by atoms with Crippen LogP contribution in [-0.4, -0.2) is 24.4 Å². The average Bonchev–Trinajstić information content (AvgIpc) is 2.89. The molecule has 1 aliphatic heterocycles. The number of halogens is 2. The molecule has 0 aliphatic carbocycles. The maximum absolute atomic E-state index is 13.8. The van der Waals surface area contributed by atoms with Gasteiger partial charge < -0.3 is 10.2 Å². The summed E-state index contributed by atoms with van der Waals surface area (Å²) in [5.41, 5.74) is 0.335. The van der Waals surface area contributed by atoms with E-state index in [0.29, 0.717) is 13.0 Å². The normalized spacial score (nSPS) is 17.4. The fourth-order valence-corrected chi connectivity index (χ4v) is 2.59. The highest BCUT2D eigenvalue weighted by Crippen LogP contribution is 2.24. The van der Waals surface area contributed by atoms with Gasteiger partial charge in [-0.2, -0.15) is 0 Å². The molecule has 0 spiro atoms. The third kappa shape index (κ3) is 3.06. The Morgan fingerprint density at radius 3 is 2.65 bits per heavy atom. The molecule has 0 saturated carbocycles. The van der Waals surface area contributed by atoms with Crippen molar-refractivity contribution in [3.8, 4) is 0 Å². The van der Waals surface area contributed by atoms with Crippen LogP contribution in [0, 0.1) is 11.6 Å². The molecule has 2 amide bonds. The van der Waals surface area contributed by atoms with Gasteiger partial charge in [0.1, 0.15) is 17.7 Å². The maximum Gasteiger partial charge on any atom is 0.252 e. The van der Waals surface area contributed by atoms with Gasteiger partial charge in [0.25, 0.3) is 5.91 Å². The first-order valence-electron chi connectivity index (χ1n) is 7.18. The van der Waals surface area contributed by atoms with E-state index < -0.39 is 23.6 Å². The molecule has 0 radical (unpaired) electrons. The van der Waals surface area contributed by atoms with Crippen molar-refractivity contribution in [1.29, 1.82) is 0 Å². The van der Waals surface area contributed by atoms with Gasteiger partial charge in [0, 0.05) is 12.1 Å². The van der Waals surface area contributed by atoms with Gasteiger partial charge in [-0.3, -0.25) is 9.59 Å². The number of carbonyl (C=O) groups excluding carboxylic acids is 2. The molecule has 6 heteroatoms. The largest absolute Gasteiger partial charge is 0.340 e. The van der Waals surface area contributed by atoms with E-state index in [1.54, 1.807) is 12.1 Å². The molecule has 2 aromatic carbocycles. The first-order chi connectivity index (χ1) is 11.1. The lowest BCUT2D eigenvalue weighted by atomic mass is 10.2. The van der Waals surface area contributed by atoms with E-state index in [4.69, 9.17) is 0 Å². The Balaban J connectivity index is 1.72. The number of hydrogen-bond acceptors (Lipinski definition) is 2. The Morgan fingerprint density at radius 1 is 1.13 bits per heavy atom. The lowest BCUT2D eigenvalue weighted by Gasteiger charge is -2.17. The fourth-order valence-electron chi connectivity index (χ4n) is 2.59. The minimum absolute atomic E-state index is 0.141. The van der Waals surface area contributed by atoms with Crippen molar-refractivity contribution in [3.63, 3.8) is 0 Å². The monoisotopic (exact) mass is 316 g/mol. The van der Waals surface area contributed by atoms with Crippen LogP contribution in [-0.2, 0) is 4.79 Å². The van der Waals surface area contributed by atoms with Crippen molar-refractivity contribution in [2.45, 2.75) is 12.5 Å². The summed E-state index contributed by atoms with van der Waals surface area (Å²) in [5, 5.41) is 2.57. The van der Waals surface area contributed by atoms with Crippen molar-refractivity contribution < 1.29 is 18.4 Å². The quantitative estimate of drug-likeness (QED) is 0.946. The standard InChI is InChI=1S/C17H14F2N2O2/c18-12-5-3-4-11(10-12)16(22)20-14-8-9-21(17(14)23)15-7-2-1-6-13(15)19/h1-7,10,14H,8-9H2,(H,20,22). The number of amides is 2. The number of nitrogens with one attached hydrogen (secondary N) is 1. The summed E-state index contributed by atoms with van der Waals surface area (Å²) >= 11 is 0. The second kappa shape index (κ2) is 6.16. The van der Waals surface area contributed by atoms with Crippen LogP contribution >= 0.6 is 0 Å². The zero-order valence-electron chi connectivity index (χ0n) is 12.1. The number of hydrogen-bond donors (Lipinski definition) is 1. The Morgan fingerprint density at radius 2 is 1.91 bits per heavy atom. The molecule has 1 saturated heterocycles. The molecule has 1 aliphatic rings. The van der Waals surface area contributed by atoms with E-state index >= 15 is 0 Å². The third-order valence-electron chi connectivity index (χ3n) is 3.74. The van der Waals surface area contributed by atoms with Crippen LogP contribution in [0.15, 0.2) is 48.5 Å². The second-order valence-electron chi connectivity index (χ2n) is 5.27. The average molecular weight is 316 g/mol. The molecule has 1 fully saturated rings. The van der Waals surface area contributed by atoms with E-state index in [9.17, 15) is 18.4 Å². The van der Waals surface area contributed by atoms with Crippen LogP contribution in [0.2, 0.25) is 0 Å². The molecule has 4 nitrogen and oxygen atoms in total. The molecule has 1 atom stereocenters. The first-order valence-corrected chi connectivity index (χ1v) is 7.18. The molecule has 1 heterocycles. The van der Waals surface area contributed by atoms with Crippen molar-refractivity contribution in [3.05, 3.63) is 65.7 Å². The highest BCUT2D eigenvalue weighted by atomic mass is 19.1. The number of nitrogens with zero attached hydrogens (tertiary/aromatic N) is 1. The van der Waals surface area contributed by atoms with E-state index in [1.807, 2.05) is 0 Å². The molecule has 2 aromatic rings. The molecular formula is C17H14F2N2O2. The summed E-state index contributed by atoms with van der Waals surface area (Å²) in [6, 6.07) is 10.5. The smallest absolute Gasteiger partial charge is 0.252 e. The molecule has 1 N–H and O–H groups in total. The number of benzene rings is 2. The van der Waals surface area contributed by atoms with Crippen LogP contribution in [0.3, 0.4) is 0 Å². The van der Waals surface area contributed by atoms with Gasteiger partial charge in [-0.1, -0.05) is 18.2 Å². The third-order valence-corrected chi connectivity index (χ3v) is 3.74. The first kappa shape index (κ1) is 15.1. The highest BCUT2D eigenvalue weighted by molar-refractivity contribution is 6.03. The van der Waals surface area contributed by atoms with Crippen LogP contribution < -0.4 is 10.2 Å². The molecule has 0 bridgehead atoms. The Hall–Kier alpha value is -2.76.